The number of sulfonamides is 1. The van der Waals surface area contributed by atoms with Crippen molar-refractivity contribution in [1.82, 2.24) is 4.31 Å². The molecular weight excluding hydrogens is 380 g/mol. The minimum atomic E-state index is -3.77. The second-order valence-corrected chi connectivity index (χ2v) is 8.20. The van der Waals surface area contributed by atoms with Gasteiger partial charge in [0.05, 0.1) is 31.3 Å². The standard InChI is InChI=1S/C20H26N2O5S/c1-5-12-22(28(24,25)17-9-6-15(2)7-10-17)14-20(23)21-18-11-8-16(26-3)13-19(18)27-4/h6-11,13H,5,12,14H2,1-4H3,(H,21,23). The third-order valence-corrected chi connectivity index (χ3v) is 5.99. The fourth-order valence-electron chi connectivity index (χ4n) is 2.64. The predicted molar refractivity (Wildman–Crippen MR) is 108 cm³/mol. The summed E-state index contributed by atoms with van der Waals surface area (Å²) in [5.74, 6) is 0.563. The van der Waals surface area contributed by atoms with Crippen LogP contribution in [0.1, 0.15) is 18.9 Å². The highest BCUT2D eigenvalue weighted by molar-refractivity contribution is 7.89. The van der Waals surface area contributed by atoms with Crippen molar-refractivity contribution in [2.24, 2.45) is 0 Å². The third-order valence-electron chi connectivity index (χ3n) is 4.13. The second kappa shape index (κ2) is 9.57. The summed E-state index contributed by atoms with van der Waals surface area (Å²) in [6.45, 7) is 3.70. The molecular formula is C20H26N2O5S. The fraction of sp³-hybridized carbons (Fsp3) is 0.350. The Labute approximate surface area is 166 Å². The Morgan fingerprint density at radius 2 is 1.75 bits per heavy atom. The van der Waals surface area contributed by atoms with E-state index in [1.165, 1.54) is 18.5 Å². The quantitative estimate of drug-likeness (QED) is 0.692. The molecule has 0 fully saturated rings. The third kappa shape index (κ3) is 5.24. The topological polar surface area (TPSA) is 84.9 Å². The Balaban J connectivity index is 2.20. The van der Waals surface area contributed by atoms with Crippen LogP contribution in [0.4, 0.5) is 5.69 Å². The Bertz CT molecular complexity index is 911. The molecule has 1 amide bonds. The lowest BCUT2D eigenvalue weighted by atomic mass is 10.2. The summed E-state index contributed by atoms with van der Waals surface area (Å²) in [5, 5.41) is 2.71. The van der Waals surface area contributed by atoms with Gasteiger partial charge in [-0.2, -0.15) is 4.31 Å². The van der Waals surface area contributed by atoms with E-state index in [9.17, 15) is 13.2 Å². The van der Waals surface area contributed by atoms with Gasteiger partial charge in [0.2, 0.25) is 15.9 Å². The van der Waals surface area contributed by atoms with Crippen LogP contribution in [0, 0.1) is 6.92 Å². The van der Waals surface area contributed by atoms with Gasteiger partial charge in [-0.1, -0.05) is 24.6 Å². The molecule has 0 aliphatic carbocycles. The lowest BCUT2D eigenvalue weighted by Crippen LogP contribution is -2.38. The molecule has 0 saturated heterocycles. The lowest BCUT2D eigenvalue weighted by Gasteiger charge is -2.21. The Morgan fingerprint density at radius 3 is 2.32 bits per heavy atom. The molecule has 2 rings (SSSR count). The van der Waals surface area contributed by atoms with Crippen molar-refractivity contribution in [3.8, 4) is 11.5 Å². The van der Waals surface area contributed by atoms with Crippen LogP contribution in [0.3, 0.4) is 0 Å². The molecule has 0 saturated carbocycles. The first kappa shape index (κ1) is 21.7. The van der Waals surface area contributed by atoms with Crippen LogP contribution in [0.25, 0.3) is 0 Å². The van der Waals surface area contributed by atoms with Gasteiger partial charge in [-0.05, 0) is 37.6 Å². The summed E-state index contributed by atoms with van der Waals surface area (Å²) in [4.78, 5) is 12.7. The molecule has 0 aromatic heterocycles. The summed E-state index contributed by atoms with van der Waals surface area (Å²) < 4.78 is 37.4. The lowest BCUT2D eigenvalue weighted by molar-refractivity contribution is -0.116. The van der Waals surface area contributed by atoms with Gasteiger partial charge in [0.15, 0.2) is 0 Å². The van der Waals surface area contributed by atoms with E-state index >= 15 is 0 Å². The van der Waals surface area contributed by atoms with Crippen molar-refractivity contribution in [1.29, 1.82) is 0 Å². The summed E-state index contributed by atoms with van der Waals surface area (Å²) in [5.41, 5.74) is 1.41. The Morgan fingerprint density at radius 1 is 1.07 bits per heavy atom. The van der Waals surface area contributed by atoms with Crippen LogP contribution in [0.2, 0.25) is 0 Å². The number of nitrogens with one attached hydrogen (secondary N) is 1. The molecule has 0 unspecified atom stereocenters. The zero-order valence-corrected chi connectivity index (χ0v) is 17.4. The number of carbonyl (C=O) groups excluding carboxylic acids is 1. The van der Waals surface area contributed by atoms with E-state index < -0.39 is 15.9 Å². The number of methoxy groups -OCH3 is 2. The number of hydrogen-bond acceptors (Lipinski definition) is 5. The van der Waals surface area contributed by atoms with Gasteiger partial charge < -0.3 is 14.8 Å². The van der Waals surface area contributed by atoms with Gasteiger partial charge in [0.25, 0.3) is 0 Å². The minimum Gasteiger partial charge on any atom is -0.497 e. The average Bonchev–Trinajstić information content (AvgIpc) is 2.68. The van der Waals surface area contributed by atoms with E-state index in [1.54, 1.807) is 42.5 Å². The van der Waals surface area contributed by atoms with Crippen molar-refractivity contribution in [2.75, 3.05) is 32.6 Å². The minimum absolute atomic E-state index is 0.168. The molecule has 0 spiro atoms. The van der Waals surface area contributed by atoms with Crippen LogP contribution in [0.5, 0.6) is 11.5 Å². The van der Waals surface area contributed by atoms with Crippen LogP contribution in [0.15, 0.2) is 47.4 Å². The maximum Gasteiger partial charge on any atom is 0.243 e. The molecule has 0 aliphatic rings. The van der Waals surface area contributed by atoms with Gasteiger partial charge >= 0.3 is 0 Å². The van der Waals surface area contributed by atoms with Crippen LogP contribution in [-0.2, 0) is 14.8 Å². The van der Waals surface area contributed by atoms with Crippen LogP contribution < -0.4 is 14.8 Å². The largest absolute Gasteiger partial charge is 0.497 e. The first-order valence-electron chi connectivity index (χ1n) is 8.90. The average molecular weight is 407 g/mol. The van der Waals surface area contributed by atoms with E-state index in [0.29, 0.717) is 23.6 Å². The monoisotopic (exact) mass is 406 g/mol. The normalized spacial score (nSPS) is 11.3. The van der Waals surface area contributed by atoms with Gasteiger partial charge in [0.1, 0.15) is 11.5 Å². The Hall–Kier alpha value is -2.58. The smallest absolute Gasteiger partial charge is 0.243 e. The molecule has 0 atom stereocenters. The van der Waals surface area contributed by atoms with Gasteiger partial charge in [-0.3, -0.25) is 4.79 Å². The molecule has 8 heteroatoms. The van der Waals surface area contributed by atoms with E-state index in [4.69, 9.17) is 9.47 Å². The van der Waals surface area contributed by atoms with Crippen molar-refractivity contribution >= 4 is 21.6 Å². The number of amides is 1. The van der Waals surface area contributed by atoms with Crippen LogP contribution >= 0.6 is 0 Å². The number of hydrogen-bond donors (Lipinski definition) is 1. The highest BCUT2D eigenvalue weighted by atomic mass is 32.2. The highest BCUT2D eigenvalue weighted by Crippen LogP contribution is 2.29. The molecule has 0 heterocycles. The van der Waals surface area contributed by atoms with Crippen LogP contribution in [-0.4, -0.2) is 45.9 Å². The SMILES string of the molecule is CCCN(CC(=O)Nc1ccc(OC)cc1OC)S(=O)(=O)c1ccc(C)cc1. The summed E-state index contributed by atoms with van der Waals surface area (Å²) >= 11 is 0. The number of ether oxygens (including phenoxy) is 2. The zero-order chi connectivity index (χ0) is 20.7. The van der Waals surface area contributed by atoms with E-state index in [2.05, 4.69) is 5.32 Å². The van der Waals surface area contributed by atoms with E-state index in [-0.39, 0.29) is 18.0 Å². The number of nitrogens with zero attached hydrogens (tertiary/aromatic N) is 1. The number of anilines is 1. The van der Waals surface area contributed by atoms with Crippen molar-refractivity contribution < 1.29 is 22.7 Å². The summed E-state index contributed by atoms with van der Waals surface area (Å²) in [7, 11) is -0.757. The maximum absolute atomic E-state index is 12.9. The van der Waals surface area contributed by atoms with E-state index in [1.807, 2.05) is 13.8 Å². The predicted octanol–water partition coefficient (Wildman–Crippen LogP) is 3.05. The highest BCUT2D eigenvalue weighted by Gasteiger charge is 2.26. The molecule has 2 aromatic rings. The summed E-state index contributed by atoms with van der Waals surface area (Å²) in [6.07, 6.45) is 0.588. The zero-order valence-electron chi connectivity index (χ0n) is 16.6. The molecule has 1 N–H and O–H groups in total. The molecule has 28 heavy (non-hydrogen) atoms. The second-order valence-electron chi connectivity index (χ2n) is 6.27. The van der Waals surface area contributed by atoms with Gasteiger partial charge in [0, 0.05) is 12.6 Å². The number of rotatable bonds is 9. The van der Waals surface area contributed by atoms with Crippen molar-refractivity contribution in [2.45, 2.75) is 25.2 Å². The van der Waals surface area contributed by atoms with Gasteiger partial charge in [-0.25, -0.2) is 8.42 Å². The van der Waals surface area contributed by atoms with Crippen molar-refractivity contribution in [3.63, 3.8) is 0 Å². The van der Waals surface area contributed by atoms with Crippen molar-refractivity contribution in [3.05, 3.63) is 48.0 Å². The number of carbonyl (C=O) groups is 1. The first-order chi connectivity index (χ1) is 13.3. The maximum atomic E-state index is 12.9. The molecule has 2 aromatic carbocycles. The fourth-order valence-corrected chi connectivity index (χ4v) is 4.13. The molecule has 152 valence electrons. The molecule has 7 nitrogen and oxygen atoms in total. The first-order valence-corrected chi connectivity index (χ1v) is 10.3. The number of benzene rings is 2. The number of aryl methyl sites for hydroxylation is 1. The molecule has 0 aliphatic heterocycles. The Kier molecular flexibility index (Phi) is 7.42. The summed E-state index contributed by atoms with van der Waals surface area (Å²) in [6, 6.07) is 11.6. The molecule has 0 bridgehead atoms. The van der Waals surface area contributed by atoms with E-state index in [0.717, 1.165) is 5.56 Å². The molecule has 0 radical (unpaired) electrons. The van der Waals surface area contributed by atoms with Gasteiger partial charge in [-0.15, -0.1) is 0 Å².